The van der Waals surface area contributed by atoms with Crippen LogP contribution in [0.5, 0.6) is 5.75 Å². The zero-order chi connectivity index (χ0) is 10.4. The lowest BCUT2D eigenvalue weighted by Crippen LogP contribution is -1.98. The standard InChI is InChI=1S/C13H18O/c1-4-6-9-14-13-8-7-12(5-2)10-11(13)3/h5,7-8,10H,2,4,6,9H2,1,3H3. The van der Waals surface area contributed by atoms with Crippen molar-refractivity contribution in [2.75, 3.05) is 6.61 Å². The van der Waals surface area contributed by atoms with Crippen LogP contribution in [0.25, 0.3) is 6.08 Å². The van der Waals surface area contributed by atoms with Crippen molar-refractivity contribution in [2.45, 2.75) is 26.7 Å². The number of aryl methyl sites for hydroxylation is 1. The quantitative estimate of drug-likeness (QED) is 0.641. The SMILES string of the molecule is C=Cc1ccc(OCCCC)c(C)c1. The lowest BCUT2D eigenvalue weighted by atomic mass is 10.1. The maximum absolute atomic E-state index is 5.64. The van der Waals surface area contributed by atoms with Gasteiger partial charge in [0.05, 0.1) is 6.61 Å². The Morgan fingerprint density at radius 3 is 2.79 bits per heavy atom. The molecular weight excluding hydrogens is 172 g/mol. The third kappa shape index (κ3) is 2.91. The van der Waals surface area contributed by atoms with Crippen molar-refractivity contribution in [1.82, 2.24) is 0 Å². The summed E-state index contributed by atoms with van der Waals surface area (Å²) in [5.74, 6) is 0.990. The molecule has 0 saturated carbocycles. The Balaban J connectivity index is 2.64. The van der Waals surface area contributed by atoms with E-state index in [1.54, 1.807) is 0 Å². The number of rotatable bonds is 5. The first-order chi connectivity index (χ1) is 6.77. The highest BCUT2D eigenvalue weighted by atomic mass is 16.5. The maximum Gasteiger partial charge on any atom is 0.122 e. The average molecular weight is 190 g/mol. The highest BCUT2D eigenvalue weighted by Gasteiger charge is 1.98. The first-order valence-electron chi connectivity index (χ1n) is 5.13. The number of benzene rings is 1. The van der Waals surface area contributed by atoms with Crippen molar-refractivity contribution in [3.8, 4) is 5.75 Å². The Labute approximate surface area is 86.4 Å². The van der Waals surface area contributed by atoms with Crippen LogP contribution in [0.1, 0.15) is 30.9 Å². The van der Waals surface area contributed by atoms with Gasteiger partial charge in [0.15, 0.2) is 0 Å². The van der Waals surface area contributed by atoms with Crippen LogP contribution in [-0.2, 0) is 0 Å². The van der Waals surface area contributed by atoms with Gasteiger partial charge < -0.3 is 4.74 Å². The summed E-state index contributed by atoms with van der Waals surface area (Å²) in [5, 5.41) is 0. The lowest BCUT2D eigenvalue weighted by Gasteiger charge is -2.08. The Morgan fingerprint density at radius 1 is 1.43 bits per heavy atom. The van der Waals surface area contributed by atoms with E-state index in [-0.39, 0.29) is 0 Å². The molecular formula is C13H18O. The summed E-state index contributed by atoms with van der Waals surface area (Å²) in [6.07, 6.45) is 4.13. The second-order valence-corrected chi connectivity index (χ2v) is 3.43. The van der Waals surface area contributed by atoms with Gasteiger partial charge in [-0.3, -0.25) is 0 Å². The molecule has 0 atom stereocenters. The molecule has 0 spiro atoms. The maximum atomic E-state index is 5.64. The molecule has 1 nitrogen and oxygen atoms in total. The Bertz CT molecular complexity index is 302. The van der Waals surface area contributed by atoms with Crippen LogP contribution in [0, 0.1) is 6.92 Å². The summed E-state index contributed by atoms with van der Waals surface area (Å²) in [6.45, 7) is 8.77. The van der Waals surface area contributed by atoms with E-state index in [0.29, 0.717) is 0 Å². The van der Waals surface area contributed by atoms with E-state index in [2.05, 4.69) is 26.5 Å². The van der Waals surface area contributed by atoms with Gasteiger partial charge in [0, 0.05) is 0 Å². The molecule has 0 saturated heterocycles. The predicted molar refractivity (Wildman–Crippen MR) is 61.7 cm³/mol. The van der Waals surface area contributed by atoms with Gasteiger partial charge in [0.2, 0.25) is 0 Å². The van der Waals surface area contributed by atoms with Crippen LogP contribution in [0.15, 0.2) is 24.8 Å². The summed E-state index contributed by atoms with van der Waals surface area (Å²) in [5.41, 5.74) is 2.32. The molecule has 0 aliphatic carbocycles. The molecule has 0 heterocycles. The van der Waals surface area contributed by atoms with Crippen LogP contribution in [0.3, 0.4) is 0 Å². The molecule has 0 radical (unpaired) electrons. The molecule has 76 valence electrons. The van der Waals surface area contributed by atoms with Gasteiger partial charge in [-0.1, -0.05) is 32.1 Å². The van der Waals surface area contributed by atoms with E-state index >= 15 is 0 Å². The molecule has 0 bridgehead atoms. The molecule has 0 aliphatic heterocycles. The largest absolute Gasteiger partial charge is 0.493 e. The second kappa shape index (κ2) is 5.48. The third-order valence-corrected chi connectivity index (χ3v) is 2.19. The van der Waals surface area contributed by atoms with E-state index < -0.39 is 0 Å². The van der Waals surface area contributed by atoms with Crippen molar-refractivity contribution >= 4 is 6.08 Å². The minimum atomic E-state index is 0.810. The van der Waals surface area contributed by atoms with Crippen LogP contribution in [-0.4, -0.2) is 6.61 Å². The van der Waals surface area contributed by atoms with Crippen LogP contribution >= 0.6 is 0 Å². The first kappa shape index (κ1) is 10.8. The summed E-state index contributed by atoms with van der Waals surface area (Å²) < 4.78 is 5.64. The minimum Gasteiger partial charge on any atom is -0.493 e. The highest BCUT2D eigenvalue weighted by molar-refractivity contribution is 5.51. The third-order valence-electron chi connectivity index (χ3n) is 2.19. The molecule has 1 aromatic carbocycles. The van der Waals surface area contributed by atoms with E-state index in [0.717, 1.165) is 24.3 Å². The minimum absolute atomic E-state index is 0.810. The van der Waals surface area contributed by atoms with E-state index in [1.165, 1.54) is 12.0 Å². The molecule has 1 aromatic rings. The topological polar surface area (TPSA) is 9.23 Å². The van der Waals surface area contributed by atoms with Gasteiger partial charge in [-0.15, -0.1) is 0 Å². The molecule has 0 amide bonds. The molecule has 0 N–H and O–H groups in total. The molecule has 1 rings (SSSR count). The van der Waals surface area contributed by atoms with Gasteiger partial charge in [-0.25, -0.2) is 0 Å². The van der Waals surface area contributed by atoms with Crippen molar-refractivity contribution in [1.29, 1.82) is 0 Å². The van der Waals surface area contributed by atoms with Gasteiger partial charge in [-0.2, -0.15) is 0 Å². The van der Waals surface area contributed by atoms with Crippen molar-refractivity contribution in [2.24, 2.45) is 0 Å². The number of unbranched alkanes of at least 4 members (excludes halogenated alkanes) is 1. The van der Waals surface area contributed by atoms with Crippen molar-refractivity contribution in [3.63, 3.8) is 0 Å². The first-order valence-corrected chi connectivity index (χ1v) is 5.13. The van der Waals surface area contributed by atoms with Crippen molar-refractivity contribution < 1.29 is 4.74 Å². The fourth-order valence-corrected chi connectivity index (χ4v) is 1.29. The highest BCUT2D eigenvalue weighted by Crippen LogP contribution is 2.19. The number of hydrogen-bond donors (Lipinski definition) is 0. The fraction of sp³-hybridized carbons (Fsp3) is 0.385. The molecule has 0 fully saturated rings. The van der Waals surface area contributed by atoms with Crippen LogP contribution in [0.2, 0.25) is 0 Å². The van der Waals surface area contributed by atoms with Crippen molar-refractivity contribution in [3.05, 3.63) is 35.9 Å². The van der Waals surface area contributed by atoms with Gasteiger partial charge in [-0.05, 0) is 36.6 Å². The Hall–Kier alpha value is -1.24. The molecule has 1 heteroatoms. The lowest BCUT2D eigenvalue weighted by molar-refractivity contribution is 0.307. The van der Waals surface area contributed by atoms with Gasteiger partial charge in [0.1, 0.15) is 5.75 Å². The molecule has 0 aromatic heterocycles. The number of hydrogen-bond acceptors (Lipinski definition) is 1. The smallest absolute Gasteiger partial charge is 0.122 e. The van der Waals surface area contributed by atoms with Gasteiger partial charge >= 0.3 is 0 Å². The van der Waals surface area contributed by atoms with Crippen LogP contribution in [0.4, 0.5) is 0 Å². The monoisotopic (exact) mass is 190 g/mol. The van der Waals surface area contributed by atoms with Crippen LogP contribution < -0.4 is 4.74 Å². The Kier molecular flexibility index (Phi) is 4.24. The zero-order valence-electron chi connectivity index (χ0n) is 9.05. The summed E-state index contributed by atoms with van der Waals surface area (Å²) in [4.78, 5) is 0. The fourth-order valence-electron chi connectivity index (χ4n) is 1.29. The summed E-state index contributed by atoms with van der Waals surface area (Å²) >= 11 is 0. The Morgan fingerprint density at radius 2 is 2.21 bits per heavy atom. The van der Waals surface area contributed by atoms with E-state index in [9.17, 15) is 0 Å². The molecule has 14 heavy (non-hydrogen) atoms. The molecule has 0 unspecified atom stereocenters. The normalized spacial score (nSPS) is 9.86. The average Bonchev–Trinajstić information content (AvgIpc) is 2.20. The van der Waals surface area contributed by atoms with E-state index in [1.807, 2.05) is 18.2 Å². The zero-order valence-corrected chi connectivity index (χ0v) is 9.05. The summed E-state index contributed by atoms with van der Waals surface area (Å²) in [7, 11) is 0. The van der Waals surface area contributed by atoms with E-state index in [4.69, 9.17) is 4.74 Å². The predicted octanol–water partition coefficient (Wildman–Crippen LogP) is 3.82. The van der Waals surface area contributed by atoms with Gasteiger partial charge in [0.25, 0.3) is 0 Å². The summed E-state index contributed by atoms with van der Waals surface area (Å²) in [6, 6.07) is 6.14. The second-order valence-electron chi connectivity index (χ2n) is 3.43. The number of ether oxygens (including phenoxy) is 1. The molecule has 0 aliphatic rings.